The molecule has 0 saturated carbocycles. The second-order valence-corrected chi connectivity index (χ2v) is 8.09. The number of carbonyl (C=O) groups is 1. The van der Waals surface area contributed by atoms with Crippen molar-refractivity contribution in [1.82, 2.24) is 10.0 Å². The van der Waals surface area contributed by atoms with Crippen molar-refractivity contribution in [3.63, 3.8) is 0 Å². The van der Waals surface area contributed by atoms with Crippen LogP contribution >= 0.6 is 0 Å². The minimum atomic E-state index is -4.55. The fraction of sp³-hybridized carbons (Fsp3) is 0.316. The van der Waals surface area contributed by atoms with Crippen molar-refractivity contribution in [1.29, 1.82) is 0 Å². The summed E-state index contributed by atoms with van der Waals surface area (Å²) in [7, 11) is -3.89. The fourth-order valence-electron chi connectivity index (χ4n) is 2.53. The van der Waals surface area contributed by atoms with E-state index in [4.69, 9.17) is 0 Å². The molecular weight excluding hydrogens is 393 g/mol. The molecule has 2 rings (SSSR count). The highest BCUT2D eigenvalue weighted by Crippen LogP contribution is 2.18. The van der Waals surface area contributed by atoms with E-state index in [1.807, 2.05) is 37.3 Å². The van der Waals surface area contributed by atoms with Gasteiger partial charge in [-0.05, 0) is 36.1 Å². The molecule has 152 valence electrons. The minimum absolute atomic E-state index is 0.142. The summed E-state index contributed by atoms with van der Waals surface area (Å²) >= 11 is 0. The molecule has 1 unspecified atom stereocenters. The summed E-state index contributed by atoms with van der Waals surface area (Å²) < 4.78 is 63.9. The molecule has 0 heterocycles. The molecule has 2 N–H and O–H groups in total. The van der Waals surface area contributed by atoms with Gasteiger partial charge in [0, 0.05) is 12.1 Å². The van der Waals surface area contributed by atoms with E-state index in [1.165, 1.54) is 18.2 Å². The maximum absolute atomic E-state index is 12.4. The average Bonchev–Trinajstić information content (AvgIpc) is 2.66. The first kappa shape index (κ1) is 21.9. The summed E-state index contributed by atoms with van der Waals surface area (Å²) in [6.45, 7) is 0.677. The number of hydrogen-bond donors (Lipinski definition) is 2. The van der Waals surface area contributed by atoms with Crippen molar-refractivity contribution in [3.05, 3.63) is 65.7 Å². The molecule has 9 heteroatoms. The predicted octanol–water partition coefficient (Wildman–Crippen LogP) is 3.45. The molecule has 1 amide bonds. The first-order valence-corrected chi connectivity index (χ1v) is 10.1. The van der Waals surface area contributed by atoms with E-state index in [0.29, 0.717) is 6.42 Å². The quantitative estimate of drug-likeness (QED) is 0.695. The Balaban J connectivity index is 1.98. The lowest BCUT2D eigenvalue weighted by Crippen LogP contribution is -2.34. The van der Waals surface area contributed by atoms with Crippen LogP contribution in [-0.4, -0.2) is 33.6 Å². The van der Waals surface area contributed by atoms with Crippen molar-refractivity contribution in [2.45, 2.75) is 30.3 Å². The van der Waals surface area contributed by atoms with Gasteiger partial charge in [-0.2, -0.15) is 13.2 Å². The zero-order valence-corrected chi connectivity index (χ0v) is 16.0. The Bertz CT molecular complexity index is 900. The summed E-state index contributed by atoms with van der Waals surface area (Å²) in [5, 5.41) is 1.71. The molecule has 0 aliphatic heterocycles. The molecule has 2 aromatic rings. The van der Waals surface area contributed by atoms with E-state index < -0.39 is 28.7 Å². The summed E-state index contributed by atoms with van der Waals surface area (Å²) in [6, 6.07) is 14.5. The molecule has 0 saturated heterocycles. The number of hydrogen-bond acceptors (Lipinski definition) is 3. The Kier molecular flexibility index (Phi) is 7.20. The molecule has 2 aromatic carbocycles. The normalized spacial score (nSPS) is 13.1. The van der Waals surface area contributed by atoms with E-state index >= 15 is 0 Å². The van der Waals surface area contributed by atoms with Crippen molar-refractivity contribution < 1.29 is 26.4 Å². The number of amides is 1. The highest BCUT2D eigenvalue weighted by Gasteiger charge is 2.28. The van der Waals surface area contributed by atoms with Gasteiger partial charge < -0.3 is 5.32 Å². The Morgan fingerprint density at radius 3 is 2.39 bits per heavy atom. The van der Waals surface area contributed by atoms with Crippen LogP contribution in [-0.2, 0) is 10.0 Å². The van der Waals surface area contributed by atoms with Crippen LogP contribution in [0, 0.1) is 0 Å². The van der Waals surface area contributed by atoms with Crippen molar-refractivity contribution in [2.75, 3.05) is 13.1 Å². The topological polar surface area (TPSA) is 75.3 Å². The van der Waals surface area contributed by atoms with E-state index in [0.717, 1.165) is 11.6 Å². The zero-order valence-electron chi connectivity index (χ0n) is 15.2. The van der Waals surface area contributed by atoms with Gasteiger partial charge in [0.05, 0.1) is 4.90 Å². The predicted molar refractivity (Wildman–Crippen MR) is 99.5 cm³/mol. The van der Waals surface area contributed by atoms with Gasteiger partial charge in [0.1, 0.15) is 6.54 Å². The number of sulfonamides is 1. The first-order valence-electron chi connectivity index (χ1n) is 8.58. The summed E-state index contributed by atoms with van der Waals surface area (Å²) in [5.41, 5.74) is 0.926. The van der Waals surface area contributed by atoms with E-state index in [9.17, 15) is 26.4 Å². The highest BCUT2D eigenvalue weighted by molar-refractivity contribution is 7.89. The first-order chi connectivity index (χ1) is 13.1. The monoisotopic (exact) mass is 414 g/mol. The number of alkyl halides is 3. The lowest BCUT2D eigenvalue weighted by molar-refractivity contribution is -0.123. The summed E-state index contributed by atoms with van der Waals surface area (Å²) in [6.07, 6.45) is -3.98. The number of benzene rings is 2. The number of halogens is 3. The summed E-state index contributed by atoms with van der Waals surface area (Å²) in [5.74, 6) is -0.851. The third-order valence-corrected chi connectivity index (χ3v) is 5.55. The van der Waals surface area contributed by atoms with Gasteiger partial charge in [-0.25, -0.2) is 13.1 Å². The molecule has 0 aliphatic rings. The fourth-order valence-corrected chi connectivity index (χ4v) is 3.62. The molecule has 0 radical (unpaired) electrons. The van der Waals surface area contributed by atoms with Crippen LogP contribution in [0.3, 0.4) is 0 Å². The van der Waals surface area contributed by atoms with Crippen LogP contribution < -0.4 is 10.0 Å². The third-order valence-electron chi connectivity index (χ3n) is 4.09. The molecule has 5 nitrogen and oxygen atoms in total. The van der Waals surface area contributed by atoms with Crippen LogP contribution in [0.2, 0.25) is 0 Å². The molecule has 0 aliphatic carbocycles. The van der Waals surface area contributed by atoms with Gasteiger partial charge >= 0.3 is 6.18 Å². The van der Waals surface area contributed by atoms with Gasteiger partial charge in [-0.15, -0.1) is 0 Å². The van der Waals surface area contributed by atoms with Gasteiger partial charge in [0.2, 0.25) is 10.0 Å². The van der Waals surface area contributed by atoms with Crippen molar-refractivity contribution >= 4 is 15.9 Å². The van der Waals surface area contributed by atoms with Gasteiger partial charge in [-0.1, -0.05) is 43.3 Å². The summed E-state index contributed by atoms with van der Waals surface area (Å²) in [4.78, 5) is 11.6. The molecular formula is C19H21F3N2O3S. The largest absolute Gasteiger partial charge is 0.405 e. The average molecular weight is 414 g/mol. The molecule has 0 spiro atoms. The maximum Gasteiger partial charge on any atom is 0.405 e. The smallest absolute Gasteiger partial charge is 0.343 e. The minimum Gasteiger partial charge on any atom is -0.343 e. The van der Waals surface area contributed by atoms with E-state index in [1.54, 1.807) is 5.32 Å². The maximum atomic E-state index is 12.4. The van der Waals surface area contributed by atoms with Gasteiger partial charge in [-0.3, -0.25) is 4.79 Å². The zero-order chi connectivity index (χ0) is 20.8. The van der Waals surface area contributed by atoms with Crippen LogP contribution in [0.5, 0.6) is 0 Å². The lowest BCUT2D eigenvalue weighted by atomic mass is 9.98. The molecule has 28 heavy (non-hydrogen) atoms. The second kappa shape index (κ2) is 9.20. The number of carbonyl (C=O) groups excluding carboxylic acids is 1. The van der Waals surface area contributed by atoms with Crippen LogP contribution in [0.25, 0.3) is 0 Å². The molecule has 0 fully saturated rings. The molecule has 1 atom stereocenters. The highest BCUT2D eigenvalue weighted by atomic mass is 32.2. The standard InChI is InChI=1S/C19H21F3N2O3S/c1-14(15-6-3-2-4-7-15)10-11-24-28(26,27)17-9-5-8-16(12-17)18(25)23-13-19(20,21)22/h2-9,12,14,24H,10-11,13H2,1H3,(H,23,25). The number of rotatable bonds is 8. The lowest BCUT2D eigenvalue weighted by Gasteiger charge is -2.13. The SMILES string of the molecule is CC(CCNS(=O)(=O)c1cccc(C(=O)NCC(F)(F)F)c1)c1ccccc1. The molecule has 0 bridgehead atoms. The Hall–Kier alpha value is -2.39. The van der Waals surface area contributed by atoms with Crippen molar-refractivity contribution in [2.24, 2.45) is 0 Å². The van der Waals surface area contributed by atoms with E-state index in [-0.39, 0.29) is 22.9 Å². The van der Waals surface area contributed by atoms with Crippen LogP contribution in [0.1, 0.15) is 35.2 Å². The number of nitrogens with one attached hydrogen (secondary N) is 2. The Morgan fingerprint density at radius 2 is 1.75 bits per heavy atom. The Morgan fingerprint density at radius 1 is 1.07 bits per heavy atom. The van der Waals surface area contributed by atoms with Gasteiger partial charge in [0.15, 0.2) is 0 Å². The second-order valence-electron chi connectivity index (χ2n) is 6.32. The van der Waals surface area contributed by atoms with Crippen LogP contribution in [0.4, 0.5) is 13.2 Å². The Labute approximate surface area is 162 Å². The third kappa shape index (κ3) is 6.65. The van der Waals surface area contributed by atoms with E-state index in [2.05, 4.69) is 4.72 Å². The van der Waals surface area contributed by atoms with Gasteiger partial charge in [0.25, 0.3) is 5.91 Å². The van der Waals surface area contributed by atoms with Crippen molar-refractivity contribution in [3.8, 4) is 0 Å². The van der Waals surface area contributed by atoms with Crippen LogP contribution in [0.15, 0.2) is 59.5 Å². The molecule has 0 aromatic heterocycles.